The minimum absolute atomic E-state index is 0.142. The smallest absolute Gasteiger partial charge is 0.284 e. The van der Waals surface area contributed by atoms with Gasteiger partial charge in [0.25, 0.3) is 11.6 Å². The summed E-state index contributed by atoms with van der Waals surface area (Å²) in [5.41, 5.74) is 6.81. The lowest BCUT2D eigenvalue weighted by molar-refractivity contribution is -0.387. The number of aromatic nitrogens is 3. The van der Waals surface area contributed by atoms with E-state index in [1.807, 2.05) is 12.1 Å². The lowest BCUT2D eigenvalue weighted by atomic mass is 9.96. The highest BCUT2D eigenvalue weighted by Crippen LogP contribution is 2.35. The summed E-state index contributed by atoms with van der Waals surface area (Å²) in [7, 11) is 1.74. The molecule has 176 valence electrons. The van der Waals surface area contributed by atoms with Crippen LogP contribution in [0, 0.1) is 16.0 Å². The first-order chi connectivity index (χ1) is 16.3. The summed E-state index contributed by atoms with van der Waals surface area (Å²) < 4.78 is 1.65. The Bertz CT molecular complexity index is 1240. The third kappa shape index (κ3) is 5.01. The largest absolute Gasteiger partial charge is 0.370 e. The van der Waals surface area contributed by atoms with Gasteiger partial charge in [0, 0.05) is 37.7 Å². The molecule has 2 aromatic carbocycles. The van der Waals surface area contributed by atoms with E-state index in [-0.39, 0.29) is 23.1 Å². The zero-order chi connectivity index (χ0) is 24.2. The molecule has 3 aromatic rings. The Morgan fingerprint density at radius 3 is 2.59 bits per heavy atom. The number of piperidine rings is 1. The van der Waals surface area contributed by atoms with E-state index >= 15 is 0 Å². The Hall–Kier alpha value is -3.93. The molecule has 1 saturated heterocycles. The second-order valence-corrected chi connectivity index (χ2v) is 8.91. The zero-order valence-electron chi connectivity index (χ0n) is 18.4. The number of nitro groups is 1. The van der Waals surface area contributed by atoms with Gasteiger partial charge in [-0.1, -0.05) is 12.1 Å². The van der Waals surface area contributed by atoms with E-state index in [0.29, 0.717) is 41.7 Å². The van der Waals surface area contributed by atoms with Gasteiger partial charge in [-0.25, -0.2) is 0 Å². The molecule has 12 heteroatoms. The summed E-state index contributed by atoms with van der Waals surface area (Å²) in [5.74, 6) is -0.891. The number of primary amides is 1. The molecule has 4 rings (SSSR count). The monoisotopic (exact) mass is 481 g/mol. The van der Waals surface area contributed by atoms with Gasteiger partial charge in [0.05, 0.1) is 21.2 Å². The van der Waals surface area contributed by atoms with Gasteiger partial charge in [-0.15, -0.1) is 10.2 Å². The van der Waals surface area contributed by atoms with Crippen molar-refractivity contribution in [2.24, 2.45) is 18.7 Å². The number of benzene rings is 2. The number of hydrogen-bond donors (Lipinski definition) is 2. The number of aryl methyl sites for hydroxylation is 1. The van der Waals surface area contributed by atoms with E-state index in [2.05, 4.69) is 20.4 Å². The Kier molecular flexibility index (Phi) is 6.77. The Morgan fingerprint density at radius 2 is 1.94 bits per heavy atom. The van der Waals surface area contributed by atoms with Crippen LogP contribution in [0.4, 0.5) is 17.1 Å². The summed E-state index contributed by atoms with van der Waals surface area (Å²) in [6.07, 6.45) is 2.80. The van der Waals surface area contributed by atoms with Crippen molar-refractivity contribution in [3.05, 3.63) is 64.5 Å². The van der Waals surface area contributed by atoms with Gasteiger partial charge < -0.3 is 20.5 Å². The SMILES string of the molecule is Cn1cnnc1Sc1ccc(C(=O)Nc2ccccc2N2CCC(C(N)=O)CC2)cc1[N+](=O)[O-]. The van der Waals surface area contributed by atoms with Crippen molar-refractivity contribution in [2.75, 3.05) is 23.3 Å². The van der Waals surface area contributed by atoms with Crippen LogP contribution < -0.4 is 16.0 Å². The fraction of sp³-hybridized carbons (Fsp3) is 0.273. The average molecular weight is 482 g/mol. The lowest BCUT2D eigenvalue weighted by Gasteiger charge is -2.33. The molecule has 1 aliphatic heterocycles. The van der Waals surface area contributed by atoms with Gasteiger partial charge in [0.15, 0.2) is 5.16 Å². The minimum atomic E-state index is -0.522. The normalized spacial score (nSPS) is 14.1. The van der Waals surface area contributed by atoms with Crippen molar-refractivity contribution < 1.29 is 14.5 Å². The molecule has 2 amide bonds. The molecule has 3 N–H and O–H groups in total. The molecular weight excluding hydrogens is 458 g/mol. The van der Waals surface area contributed by atoms with Crippen LogP contribution in [0.1, 0.15) is 23.2 Å². The molecule has 1 aromatic heterocycles. The number of rotatable bonds is 7. The first-order valence-electron chi connectivity index (χ1n) is 10.6. The van der Waals surface area contributed by atoms with E-state index in [4.69, 9.17) is 5.73 Å². The van der Waals surface area contributed by atoms with Crippen LogP contribution in [0.3, 0.4) is 0 Å². The molecule has 0 bridgehead atoms. The van der Waals surface area contributed by atoms with Crippen molar-refractivity contribution in [3.8, 4) is 0 Å². The maximum atomic E-state index is 13.0. The van der Waals surface area contributed by atoms with E-state index in [1.165, 1.54) is 18.5 Å². The maximum absolute atomic E-state index is 13.0. The maximum Gasteiger partial charge on any atom is 0.284 e. The third-order valence-electron chi connectivity index (χ3n) is 5.68. The number of carbonyl (C=O) groups is 2. The number of nitrogens with zero attached hydrogens (tertiary/aromatic N) is 5. The predicted molar refractivity (Wildman–Crippen MR) is 127 cm³/mol. The van der Waals surface area contributed by atoms with Crippen LogP contribution in [0.15, 0.2) is 58.8 Å². The van der Waals surface area contributed by atoms with Crippen LogP contribution in [-0.4, -0.2) is 44.6 Å². The number of nitro benzene ring substituents is 1. The van der Waals surface area contributed by atoms with Crippen LogP contribution in [-0.2, 0) is 11.8 Å². The van der Waals surface area contributed by atoms with Crippen molar-refractivity contribution in [1.29, 1.82) is 0 Å². The number of anilines is 2. The Morgan fingerprint density at radius 1 is 1.21 bits per heavy atom. The summed E-state index contributed by atoms with van der Waals surface area (Å²) in [6.45, 7) is 1.28. The zero-order valence-corrected chi connectivity index (χ0v) is 19.2. The number of nitrogens with two attached hydrogens (primary N) is 1. The van der Waals surface area contributed by atoms with Crippen molar-refractivity contribution >= 4 is 40.6 Å². The highest BCUT2D eigenvalue weighted by Gasteiger charge is 2.25. The average Bonchev–Trinajstić information content (AvgIpc) is 3.23. The fourth-order valence-electron chi connectivity index (χ4n) is 3.81. The van der Waals surface area contributed by atoms with Crippen LogP contribution in [0.2, 0.25) is 0 Å². The Labute approximate surface area is 199 Å². The molecule has 34 heavy (non-hydrogen) atoms. The molecule has 0 unspecified atom stereocenters. The first kappa shape index (κ1) is 23.2. The molecule has 0 aliphatic carbocycles. The summed E-state index contributed by atoms with van der Waals surface area (Å²) in [5, 5.41) is 22.8. The molecule has 0 atom stereocenters. The number of hydrogen-bond acceptors (Lipinski definition) is 8. The topological polar surface area (TPSA) is 149 Å². The van der Waals surface area contributed by atoms with E-state index in [1.54, 1.807) is 29.8 Å². The van der Waals surface area contributed by atoms with Crippen molar-refractivity contribution in [1.82, 2.24) is 14.8 Å². The first-order valence-corrected chi connectivity index (χ1v) is 11.4. The summed E-state index contributed by atoms with van der Waals surface area (Å²) >= 11 is 1.10. The van der Waals surface area contributed by atoms with Gasteiger partial charge in [-0.3, -0.25) is 19.7 Å². The van der Waals surface area contributed by atoms with Gasteiger partial charge in [0.1, 0.15) is 6.33 Å². The van der Waals surface area contributed by atoms with E-state index in [9.17, 15) is 19.7 Å². The number of para-hydroxylation sites is 2. The molecular formula is C22H23N7O4S. The van der Waals surface area contributed by atoms with Gasteiger partial charge in [-0.2, -0.15) is 0 Å². The second-order valence-electron chi connectivity index (χ2n) is 7.90. The van der Waals surface area contributed by atoms with Crippen molar-refractivity contribution in [2.45, 2.75) is 22.9 Å². The second kappa shape index (κ2) is 9.91. The van der Waals surface area contributed by atoms with E-state index in [0.717, 1.165) is 17.4 Å². The standard InChI is InChI=1S/C22H23N7O4S/c1-27-13-24-26-22(27)34-19-7-6-15(12-18(19)29(32)33)21(31)25-16-4-2-3-5-17(16)28-10-8-14(9-11-28)20(23)30/h2-7,12-14H,8-11H2,1H3,(H2,23,30)(H,25,31). The quantitative estimate of drug-likeness (QED) is 0.386. The van der Waals surface area contributed by atoms with E-state index < -0.39 is 10.8 Å². The number of carbonyl (C=O) groups excluding carboxylic acids is 2. The highest BCUT2D eigenvalue weighted by molar-refractivity contribution is 7.99. The molecule has 0 radical (unpaired) electrons. The molecule has 2 heterocycles. The molecule has 1 fully saturated rings. The molecule has 0 saturated carbocycles. The van der Waals surface area contributed by atoms with Gasteiger partial charge >= 0.3 is 0 Å². The summed E-state index contributed by atoms with van der Waals surface area (Å²) in [6, 6.07) is 11.7. The minimum Gasteiger partial charge on any atom is -0.370 e. The van der Waals surface area contributed by atoms with Crippen LogP contribution in [0.5, 0.6) is 0 Å². The number of amides is 2. The number of nitrogens with one attached hydrogen (secondary N) is 1. The molecule has 1 aliphatic rings. The predicted octanol–water partition coefficient (Wildman–Crippen LogP) is 2.83. The fourth-order valence-corrected chi connectivity index (χ4v) is 4.66. The third-order valence-corrected chi connectivity index (χ3v) is 6.80. The van der Waals surface area contributed by atoms with Gasteiger partial charge in [-0.05, 0) is 48.9 Å². The van der Waals surface area contributed by atoms with Crippen LogP contribution in [0.25, 0.3) is 0 Å². The van der Waals surface area contributed by atoms with Gasteiger partial charge in [0.2, 0.25) is 5.91 Å². The molecule has 0 spiro atoms. The van der Waals surface area contributed by atoms with Crippen molar-refractivity contribution in [3.63, 3.8) is 0 Å². The van der Waals surface area contributed by atoms with Crippen LogP contribution >= 0.6 is 11.8 Å². The highest BCUT2D eigenvalue weighted by atomic mass is 32.2. The lowest BCUT2D eigenvalue weighted by Crippen LogP contribution is -2.38. The molecule has 11 nitrogen and oxygen atoms in total. The Balaban J connectivity index is 1.53. The summed E-state index contributed by atoms with van der Waals surface area (Å²) in [4.78, 5) is 38.1.